The Bertz CT molecular complexity index is 741. The van der Waals surface area contributed by atoms with Gasteiger partial charge < -0.3 is 10.6 Å². The normalized spacial score (nSPS) is 10.7. The molecule has 0 spiro atoms. The molecule has 0 atom stereocenters. The number of anilines is 3. The Labute approximate surface area is 119 Å². The van der Waals surface area contributed by atoms with E-state index in [-0.39, 0.29) is 5.82 Å². The molecule has 3 aromatic rings. The molecule has 1 aromatic carbocycles. The summed E-state index contributed by atoms with van der Waals surface area (Å²) < 4.78 is 13.2. The lowest BCUT2D eigenvalue weighted by Gasteiger charge is -2.09. The largest absolute Gasteiger partial charge is 0.354 e. The molecule has 0 radical (unpaired) electrons. The molecule has 0 aliphatic heterocycles. The summed E-state index contributed by atoms with van der Waals surface area (Å²) in [7, 11) is 0. The standard InChI is InChI=1S/C14H13FN4S/c1-2-16-14-18-12(11-6-7-20-13(11)19-14)17-10-5-3-4-9(15)8-10/h3-8H,2H2,1H3,(H2,16,17,18,19). The molecule has 0 unspecified atom stereocenters. The predicted octanol–water partition coefficient (Wildman–Crippen LogP) is 4.01. The highest BCUT2D eigenvalue weighted by Gasteiger charge is 2.09. The SMILES string of the molecule is CCNc1nc(Nc2cccc(F)c2)c2ccsc2n1. The van der Waals surface area contributed by atoms with Gasteiger partial charge in [-0.3, -0.25) is 0 Å². The second-order valence-corrected chi connectivity index (χ2v) is 5.10. The van der Waals surface area contributed by atoms with Gasteiger partial charge in [-0.25, -0.2) is 9.37 Å². The van der Waals surface area contributed by atoms with Crippen molar-refractivity contribution in [3.63, 3.8) is 0 Å². The topological polar surface area (TPSA) is 49.8 Å². The van der Waals surface area contributed by atoms with Crippen LogP contribution < -0.4 is 10.6 Å². The molecule has 0 aliphatic rings. The van der Waals surface area contributed by atoms with Crippen molar-refractivity contribution in [2.75, 3.05) is 17.2 Å². The van der Waals surface area contributed by atoms with E-state index >= 15 is 0 Å². The van der Waals surface area contributed by atoms with Crippen LogP contribution in [-0.2, 0) is 0 Å². The van der Waals surface area contributed by atoms with Crippen LogP contribution in [-0.4, -0.2) is 16.5 Å². The molecule has 0 amide bonds. The lowest BCUT2D eigenvalue weighted by molar-refractivity contribution is 0.628. The second-order valence-electron chi connectivity index (χ2n) is 4.20. The predicted molar refractivity (Wildman–Crippen MR) is 81.3 cm³/mol. The van der Waals surface area contributed by atoms with Gasteiger partial charge in [-0.1, -0.05) is 6.07 Å². The number of aromatic nitrogens is 2. The Kier molecular flexibility index (Phi) is 3.47. The van der Waals surface area contributed by atoms with Crippen molar-refractivity contribution in [3.05, 3.63) is 41.5 Å². The van der Waals surface area contributed by atoms with Crippen LogP contribution >= 0.6 is 11.3 Å². The van der Waals surface area contributed by atoms with Crippen LogP contribution in [0.1, 0.15) is 6.92 Å². The number of fused-ring (bicyclic) bond motifs is 1. The molecule has 0 bridgehead atoms. The lowest BCUT2D eigenvalue weighted by atomic mass is 10.3. The Hall–Kier alpha value is -2.21. The van der Waals surface area contributed by atoms with Crippen LogP contribution in [0.15, 0.2) is 35.7 Å². The summed E-state index contributed by atoms with van der Waals surface area (Å²) >= 11 is 1.55. The maximum absolute atomic E-state index is 13.2. The number of nitrogens with zero attached hydrogens (tertiary/aromatic N) is 2. The minimum absolute atomic E-state index is 0.280. The third-order valence-corrected chi connectivity index (χ3v) is 3.55. The van der Waals surface area contributed by atoms with Gasteiger partial charge in [0.05, 0.1) is 5.39 Å². The number of rotatable bonds is 4. The van der Waals surface area contributed by atoms with E-state index in [1.165, 1.54) is 12.1 Å². The Balaban J connectivity index is 2.02. The van der Waals surface area contributed by atoms with Crippen molar-refractivity contribution in [3.8, 4) is 0 Å². The number of nitrogens with one attached hydrogen (secondary N) is 2. The molecule has 2 aromatic heterocycles. The molecule has 102 valence electrons. The van der Waals surface area contributed by atoms with E-state index < -0.39 is 0 Å². The smallest absolute Gasteiger partial charge is 0.226 e. The first kappa shape index (κ1) is 12.8. The number of benzene rings is 1. The minimum Gasteiger partial charge on any atom is -0.354 e. The summed E-state index contributed by atoms with van der Waals surface area (Å²) in [4.78, 5) is 9.76. The number of hydrogen-bond donors (Lipinski definition) is 2. The van der Waals surface area contributed by atoms with E-state index in [0.717, 1.165) is 16.8 Å². The molecule has 20 heavy (non-hydrogen) atoms. The van der Waals surface area contributed by atoms with E-state index in [2.05, 4.69) is 20.6 Å². The zero-order valence-corrected chi connectivity index (χ0v) is 11.7. The van der Waals surface area contributed by atoms with Gasteiger partial charge in [0.2, 0.25) is 5.95 Å². The first-order chi connectivity index (χ1) is 9.76. The van der Waals surface area contributed by atoms with Gasteiger partial charge in [0.25, 0.3) is 0 Å². The van der Waals surface area contributed by atoms with Crippen molar-refractivity contribution in [2.24, 2.45) is 0 Å². The summed E-state index contributed by atoms with van der Waals surface area (Å²) in [5.74, 6) is 0.969. The Morgan fingerprint density at radius 3 is 2.95 bits per heavy atom. The monoisotopic (exact) mass is 288 g/mol. The van der Waals surface area contributed by atoms with Gasteiger partial charge in [0, 0.05) is 12.2 Å². The number of hydrogen-bond acceptors (Lipinski definition) is 5. The molecule has 0 saturated heterocycles. The van der Waals surface area contributed by atoms with E-state index in [0.29, 0.717) is 17.5 Å². The highest BCUT2D eigenvalue weighted by Crippen LogP contribution is 2.28. The molecule has 6 heteroatoms. The maximum Gasteiger partial charge on any atom is 0.226 e. The van der Waals surface area contributed by atoms with Gasteiger partial charge in [0.1, 0.15) is 16.5 Å². The molecule has 0 aliphatic carbocycles. The summed E-state index contributed by atoms with van der Waals surface area (Å²) in [6.45, 7) is 2.73. The molecular formula is C14H13FN4S. The molecule has 2 N–H and O–H groups in total. The first-order valence-electron chi connectivity index (χ1n) is 6.28. The number of thiophene rings is 1. The summed E-state index contributed by atoms with van der Waals surface area (Å²) in [6.07, 6.45) is 0. The molecule has 0 fully saturated rings. The zero-order valence-electron chi connectivity index (χ0n) is 10.9. The Morgan fingerprint density at radius 1 is 1.25 bits per heavy atom. The van der Waals surface area contributed by atoms with Crippen molar-refractivity contribution in [1.82, 2.24) is 9.97 Å². The molecule has 4 nitrogen and oxygen atoms in total. The van der Waals surface area contributed by atoms with E-state index in [9.17, 15) is 4.39 Å². The number of halogens is 1. The molecule has 0 saturated carbocycles. The van der Waals surface area contributed by atoms with Crippen LogP contribution in [0.4, 0.5) is 21.8 Å². The van der Waals surface area contributed by atoms with Crippen molar-refractivity contribution >= 4 is 39.0 Å². The highest BCUT2D eigenvalue weighted by atomic mass is 32.1. The fraction of sp³-hybridized carbons (Fsp3) is 0.143. The van der Waals surface area contributed by atoms with Crippen molar-refractivity contribution in [2.45, 2.75) is 6.92 Å². The van der Waals surface area contributed by atoms with Gasteiger partial charge >= 0.3 is 0 Å². The molecule has 2 heterocycles. The van der Waals surface area contributed by atoms with Crippen LogP contribution in [0.3, 0.4) is 0 Å². The van der Waals surface area contributed by atoms with Crippen LogP contribution in [0, 0.1) is 5.82 Å². The summed E-state index contributed by atoms with van der Waals surface area (Å²) in [5.41, 5.74) is 0.665. The summed E-state index contributed by atoms with van der Waals surface area (Å²) in [5, 5.41) is 9.14. The van der Waals surface area contributed by atoms with Gasteiger partial charge in [-0.2, -0.15) is 4.98 Å². The third kappa shape index (κ3) is 2.55. The highest BCUT2D eigenvalue weighted by molar-refractivity contribution is 7.16. The fourth-order valence-electron chi connectivity index (χ4n) is 1.89. The average molecular weight is 288 g/mol. The minimum atomic E-state index is -0.280. The first-order valence-corrected chi connectivity index (χ1v) is 7.16. The van der Waals surface area contributed by atoms with Crippen LogP contribution in [0.2, 0.25) is 0 Å². The van der Waals surface area contributed by atoms with Crippen molar-refractivity contribution < 1.29 is 4.39 Å². The quantitative estimate of drug-likeness (QED) is 0.761. The Morgan fingerprint density at radius 2 is 2.15 bits per heavy atom. The van der Waals surface area contributed by atoms with Crippen LogP contribution in [0.5, 0.6) is 0 Å². The van der Waals surface area contributed by atoms with E-state index in [4.69, 9.17) is 0 Å². The van der Waals surface area contributed by atoms with Crippen LogP contribution in [0.25, 0.3) is 10.2 Å². The van der Waals surface area contributed by atoms with Crippen molar-refractivity contribution in [1.29, 1.82) is 0 Å². The van der Waals surface area contributed by atoms with E-state index in [1.54, 1.807) is 23.5 Å². The molecule has 3 rings (SSSR count). The van der Waals surface area contributed by atoms with Gasteiger partial charge in [0.15, 0.2) is 0 Å². The zero-order chi connectivity index (χ0) is 13.9. The summed E-state index contributed by atoms with van der Waals surface area (Å²) in [6, 6.07) is 8.27. The third-order valence-electron chi connectivity index (χ3n) is 2.75. The fourth-order valence-corrected chi connectivity index (χ4v) is 2.65. The molecular weight excluding hydrogens is 275 g/mol. The second kappa shape index (κ2) is 5.42. The van der Waals surface area contributed by atoms with Gasteiger partial charge in [-0.05, 0) is 36.6 Å². The average Bonchev–Trinajstić information content (AvgIpc) is 2.87. The lowest BCUT2D eigenvalue weighted by Crippen LogP contribution is -2.04. The van der Waals surface area contributed by atoms with E-state index in [1.807, 2.05) is 18.4 Å². The van der Waals surface area contributed by atoms with Gasteiger partial charge in [-0.15, -0.1) is 11.3 Å². The maximum atomic E-state index is 13.2.